The summed E-state index contributed by atoms with van der Waals surface area (Å²) in [4.78, 5) is 26.4. The van der Waals surface area contributed by atoms with E-state index in [0.29, 0.717) is 24.9 Å². The Kier molecular flexibility index (Phi) is 5.25. The van der Waals surface area contributed by atoms with E-state index in [9.17, 15) is 22.8 Å². The minimum Gasteiger partial charge on any atom is -0.338 e. The van der Waals surface area contributed by atoms with Gasteiger partial charge < -0.3 is 10.2 Å². The number of rotatable bonds is 3. The number of likely N-dealkylation sites (tertiary alicyclic amines) is 1. The highest BCUT2D eigenvalue weighted by Gasteiger charge is 2.29. The van der Waals surface area contributed by atoms with Gasteiger partial charge in [0.05, 0.1) is 11.6 Å². The van der Waals surface area contributed by atoms with Gasteiger partial charge in [0, 0.05) is 18.7 Å². The lowest BCUT2D eigenvalue weighted by Crippen LogP contribution is -2.43. The van der Waals surface area contributed by atoms with Crippen molar-refractivity contribution >= 4 is 17.5 Å². The Labute approximate surface area is 148 Å². The van der Waals surface area contributed by atoms with Crippen LogP contribution in [0.15, 0.2) is 42.5 Å². The maximum Gasteiger partial charge on any atom is 0.253 e. The van der Waals surface area contributed by atoms with Crippen LogP contribution in [0.2, 0.25) is 0 Å². The van der Waals surface area contributed by atoms with Crippen LogP contribution in [0.1, 0.15) is 23.2 Å². The number of amides is 2. The molecule has 0 spiro atoms. The molecule has 136 valence electrons. The van der Waals surface area contributed by atoms with Crippen LogP contribution in [0.4, 0.5) is 18.9 Å². The topological polar surface area (TPSA) is 49.4 Å². The van der Waals surface area contributed by atoms with E-state index in [4.69, 9.17) is 0 Å². The molecule has 0 aliphatic carbocycles. The summed E-state index contributed by atoms with van der Waals surface area (Å²) in [6.45, 7) is 0.646. The largest absolute Gasteiger partial charge is 0.338 e. The van der Waals surface area contributed by atoms with Gasteiger partial charge in [0.25, 0.3) is 5.91 Å². The molecule has 26 heavy (non-hydrogen) atoms. The predicted octanol–water partition coefficient (Wildman–Crippen LogP) is 3.59. The number of nitrogens with zero attached hydrogens (tertiary/aromatic N) is 1. The fourth-order valence-corrected chi connectivity index (χ4v) is 2.99. The van der Waals surface area contributed by atoms with E-state index in [0.717, 1.165) is 6.07 Å². The van der Waals surface area contributed by atoms with E-state index in [2.05, 4.69) is 5.32 Å². The Morgan fingerprint density at radius 1 is 1.04 bits per heavy atom. The summed E-state index contributed by atoms with van der Waals surface area (Å²) in [5.74, 6) is -3.88. The molecule has 3 rings (SSSR count). The molecule has 1 atom stereocenters. The van der Waals surface area contributed by atoms with Gasteiger partial charge in [0.15, 0.2) is 11.6 Å². The average Bonchev–Trinajstić information content (AvgIpc) is 2.65. The minimum atomic E-state index is -1.11. The normalized spacial score (nSPS) is 17.0. The zero-order valence-corrected chi connectivity index (χ0v) is 13.8. The van der Waals surface area contributed by atoms with Crippen LogP contribution in [-0.4, -0.2) is 29.8 Å². The summed E-state index contributed by atoms with van der Waals surface area (Å²) in [7, 11) is 0. The Hall–Kier alpha value is -2.83. The lowest BCUT2D eigenvalue weighted by molar-refractivity contribution is -0.121. The first-order valence-electron chi connectivity index (χ1n) is 8.25. The van der Waals surface area contributed by atoms with E-state index < -0.39 is 29.3 Å². The smallest absolute Gasteiger partial charge is 0.253 e. The molecule has 1 heterocycles. The van der Waals surface area contributed by atoms with Crippen molar-refractivity contribution in [2.45, 2.75) is 12.8 Å². The second kappa shape index (κ2) is 7.59. The van der Waals surface area contributed by atoms with Crippen LogP contribution in [-0.2, 0) is 4.79 Å². The molecule has 4 nitrogen and oxygen atoms in total. The SMILES string of the molecule is O=C(Nc1cccc(F)c1F)C1CCCN(C(=O)c2ccc(F)cc2)C1. The van der Waals surface area contributed by atoms with Gasteiger partial charge in [0.2, 0.25) is 5.91 Å². The van der Waals surface area contributed by atoms with Gasteiger partial charge in [-0.2, -0.15) is 0 Å². The van der Waals surface area contributed by atoms with Gasteiger partial charge in [-0.15, -0.1) is 0 Å². The second-order valence-electron chi connectivity index (χ2n) is 6.19. The van der Waals surface area contributed by atoms with Gasteiger partial charge in [-0.1, -0.05) is 6.07 Å². The molecule has 0 bridgehead atoms. The molecule has 0 aromatic heterocycles. The van der Waals surface area contributed by atoms with Crippen LogP contribution < -0.4 is 5.32 Å². The molecule has 1 aliphatic heterocycles. The molecule has 2 amide bonds. The summed E-state index contributed by atoms with van der Waals surface area (Å²) in [6, 6.07) is 8.74. The van der Waals surface area contributed by atoms with Gasteiger partial charge in [0.1, 0.15) is 5.82 Å². The van der Waals surface area contributed by atoms with E-state index in [1.54, 1.807) is 0 Å². The number of anilines is 1. The van der Waals surface area contributed by atoms with Crippen molar-refractivity contribution in [3.63, 3.8) is 0 Å². The first kappa shape index (κ1) is 18.0. The Morgan fingerprint density at radius 2 is 1.77 bits per heavy atom. The van der Waals surface area contributed by atoms with Gasteiger partial charge in [-0.3, -0.25) is 9.59 Å². The summed E-state index contributed by atoms with van der Waals surface area (Å²) < 4.78 is 39.9. The van der Waals surface area contributed by atoms with Crippen LogP contribution in [0.3, 0.4) is 0 Å². The maximum absolute atomic E-state index is 13.7. The van der Waals surface area contributed by atoms with Gasteiger partial charge in [-0.05, 0) is 49.2 Å². The maximum atomic E-state index is 13.7. The van der Waals surface area contributed by atoms with Gasteiger partial charge in [-0.25, -0.2) is 13.2 Å². The summed E-state index contributed by atoms with van der Waals surface area (Å²) in [6.07, 6.45) is 1.15. The second-order valence-corrected chi connectivity index (χ2v) is 6.19. The lowest BCUT2D eigenvalue weighted by atomic mass is 9.96. The molecular formula is C19H17F3N2O2. The molecule has 1 saturated heterocycles. The van der Waals surface area contributed by atoms with E-state index >= 15 is 0 Å². The number of hydrogen-bond acceptors (Lipinski definition) is 2. The predicted molar refractivity (Wildman–Crippen MR) is 90.0 cm³/mol. The Bertz CT molecular complexity index is 824. The molecule has 2 aromatic carbocycles. The molecular weight excluding hydrogens is 345 g/mol. The number of carbonyl (C=O) groups excluding carboxylic acids is 2. The average molecular weight is 362 g/mol. The molecule has 1 unspecified atom stereocenters. The number of piperidine rings is 1. The number of halogens is 3. The number of benzene rings is 2. The highest BCUT2D eigenvalue weighted by Crippen LogP contribution is 2.22. The number of nitrogens with one attached hydrogen (secondary N) is 1. The monoisotopic (exact) mass is 362 g/mol. The van der Waals surface area contributed by atoms with Crippen LogP contribution >= 0.6 is 0 Å². The quantitative estimate of drug-likeness (QED) is 0.907. The number of carbonyl (C=O) groups is 2. The molecule has 0 saturated carbocycles. The van der Waals surface area contributed by atoms with Crippen molar-refractivity contribution in [1.82, 2.24) is 4.90 Å². The fourth-order valence-electron chi connectivity index (χ4n) is 2.99. The van der Waals surface area contributed by atoms with E-state index in [-0.39, 0.29) is 18.1 Å². The molecule has 1 aliphatic rings. The van der Waals surface area contributed by atoms with E-state index in [1.807, 2.05) is 0 Å². The molecule has 7 heteroatoms. The first-order valence-corrected chi connectivity index (χ1v) is 8.25. The van der Waals surface area contributed by atoms with Crippen molar-refractivity contribution in [2.75, 3.05) is 18.4 Å². The van der Waals surface area contributed by atoms with Crippen molar-refractivity contribution < 1.29 is 22.8 Å². The van der Waals surface area contributed by atoms with Crippen molar-refractivity contribution in [2.24, 2.45) is 5.92 Å². The third kappa shape index (κ3) is 3.87. The highest BCUT2D eigenvalue weighted by molar-refractivity contribution is 5.96. The molecule has 1 fully saturated rings. The molecule has 2 aromatic rings. The summed E-state index contributed by atoms with van der Waals surface area (Å²) in [5, 5.41) is 2.39. The zero-order valence-electron chi connectivity index (χ0n) is 13.8. The van der Waals surface area contributed by atoms with Crippen LogP contribution in [0.5, 0.6) is 0 Å². The summed E-state index contributed by atoms with van der Waals surface area (Å²) in [5.41, 5.74) is 0.112. The third-order valence-corrected chi connectivity index (χ3v) is 4.38. The van der Waals surface area contributed by atoms with Gasteiger partial charge >= 0.3 is 0 Å². The van der Waals surface area contributed by atoms with Crippen molar-refractivity contribution in [3.8, 4) is 0 Å². The molecule has 1 N–H and O–H groups in total. The standard InChI is InChI=1S/C19H17F3N2O2/c20-14-8-6-12(7-9-14)19(26)24-10-2-3-13(11-24)18(25)23-16-5-1-4-15(21)17(16)22/h1,4-9,13H,2-3,10-11H2,(H,23,25). The third-order valence-electron chi connectivity index (χ3n) is 4.38. The first-order chi connectivity index (χ1) is 12.5. The Balaban J connectivity index is 1.67. The highest BCUT2D eigenvalue weighted by atomic mass is 19.2. The minimum absolute atomic E-state index is 0.166. The number of hydrogen-bond donors (Lipinski definition) is 1. The van der Waals surface area contributed by atoms with Crippen LogP contribution in [0, 0.1) is 23.4 Å². The van der Waals surface area contributed by atoms with E-state index in [1.165, 1.54) is 41.3 Å². The van der Waals surface area contributed by atoms with Crippen molar-refractivity contribution in [1.29, 1.82) is 0 Å². The van der Waals surface area contributed by atoms with Crippen molar-refractivity contribution in [3.05, 3.63) is 65.5 Å². The van der Waals surface area contributed by atoms with Crippen LogP contribution in [0.25, 0.3) is 0 Å². The Morgan fingerprint density at radius 3 is 2.50 bits per heavy atom. The molecule has 0 radical (unpaired) electrons. The zero-order chi connectivity index (χ0) is 18.7. The lowest BCUT2D eigenvalue weighted by Gasteiger charge is -2.32. The summed E-state index contributed by atoms with van der Waals surface area (Å²) >= 11 is 0. The fraction of sp³-hybridized carbons (Fsp3) is 0.263.